The Kier molecular flexibility index (Phi) is 1.88. The van der Waals surface area contributed by atoms with Gasteiger partial charge in [0.05, 0.1) is 0 Å². The first-order chi connectivity index (χ1) is 2.00. The van der Waals surface area contributed by atoms with E-state index in [1.54, 1.807) is 17.8 Å². The molecule has 0 aliphatic heterocycles. The zero-order valence-electron chi connectivity index (χ0n) is 2.17. The van der Waals surface area contributed by atoms with Gasteiger partial charge in [-0.1, -0.05) is 0 Å². The van der Waals surface area contributed by atoms with Crippen molar-refractivity contribution in [3.05, 3.63) is 0 Å². The summed E-state index contributed by atoms with van der Waals surface area (Å²) in [5.74, 6) is 0. The predicted octanol–water partition coefficient (Wildman–Crippen LogP) is -1.08. The molecule has 0 aromatic heterocycles. The average molecular weight is 186 g/mol. The molecule has 0 heterocycles. The van der Waals surface area contributed by atoms with Crippen LogP contribution in [0.5, 0.6) is 0 Å². The first-order valence-corrected chi connectivity index (χ1v) is 4.97. The van der Waals surface area contributed by atoms with E-state index in [0.717, 1.165) is 0 Å². The molecule has 36 valence electrons. The summed E-state index contributed by atoms with van der Waals surface area (Å²) < 4.78 is 0. The van der Waals surface area contributed by atoms with Crippen LogP contribution in [0.4, 0.5) is 0 Å². The molecule has 0 radical (unpaired) electrons. The predicted molar refractivity (Wildman–Crippen MR) is 15.0 cm³/mol. The molecular weight excluding hydrogens is 182 g/mol. The van der Waals surface area contributed by atoms with Crippen LogP contribution in [0.1, 0.15) is 0 Å². The molecule has 0 aromatic carbocycles. The Morgan fingerprint density at radius 2 is 1.20 bits per heavy atom. The van der Waals surface area contributed by atoms with Gasteiger partial charge in [-0.05, 0) is 0 Å². The van der Waals surface area contributed by atoms with Crippen molar-refractivity contribution in [2.75, 3.05) is 0 Å². The van der Waals surface area contributed by atoms with Crippen LogP contribution in [0, 0.1) is 0 Å². The fourth-order valence-corrected chi connectivity index (χ4v) is 0. The van der Waals surface area contributed by atoms with Gasteiger partial charge in [-0.2, -0.15) is 0 Å². The van der Waals surface area contributed by atoms with E-state index in [9.17, 15) is 0 Å². The average Bonchev–Trinajstić information content (AvgIpc) is 0.722. The van der Waals surface area contributed by atoms with Crippen molar-refractivity contribution in [3.63, 3.8) is 0 Å². The maximum absolute atomic E-state index is 7.72. The van der Waals surface area contributed by atoms with E-state index >= 15 is 0 Å². The molecule has 5 heavy (non-hydrogen) atoms. The van der Waals surface area contributed by atoms with Gasteiger partial charge in [0.25, 0.3) is 0 Å². The van der Waals surface area contributed by atoms with Gasteiger partial charge in [-0.25, -0.2) is 0 Å². The van der Waals surface area contributed by atoms with Crippen molar-refractivity contribution in [2.45, 2.75) is 0 Å². The monoisotopic (exact) mass is 186 g/mol. The minimum absolute atomic E-state index is 1.69. The number of hydrogen-bond acceptors (Lipinski definition) is 3. The summed E-state index contributed by atoms with van der Waals surface area (Å²) in [5.41, 5.74) is 0. The molecule has 0 rings (SSSR count). The second-order valence-corrected chi connectivity index (χ2v) is 4.87. The van der Waals surface area contributed by atoms with Crippen molar-refractivity contribution in [3.8, 4) is 0 Å². The van der Waals surface area contributed by atoms with Crippen LogP contribution in [0.2, 0.25) is 0 Å². The van der Waals surface area contributed by atoms with Gasteiger partial charge in [0.15, 0.2) is 0 Å². The number of hydrogen-bond donors (Lipinski definition) is 3. The van der Waals surface area contributed by atoms with E-state index in [-0.39, 0.29) is 0 Å². The molecule has 0 saturated heterocycles. The van der Waals surface area contributed by atoms with E-state index in [2.05, 4.69) is 0 Å². The first kappa shape index (κ1) is 5.93. The third-order valence-electron chi connectivity index (χ3n) is 0. The van der Waals surface area contributed by atoms with E-state index < -0.39 is 6.28 Å². The van der Waals surface area contributed by atoms with Crippen molar-refractivity contribution in [2.24, 2.45) is 0 Å². The second-order valence-electron chi connectivity index (χ2n) is 0.524. The summed E-state index contributed by atoms with van der Waals surface area (Å²) in [6, 6.07) is 0. The molecular formula is H4O3PRh. The third kappa shape index (κ3) is 48.7. The van der Waals surface area contributed by atoms with Crippen molar-refractivity contribution in [1.82, 2.24) is 0 Å². The summed E-state index contributed by atoms with van der Waals surface area (Å²) in [6.45, 7) is 0. The van der Waals surface area contributed by atoms with Crippen LogP contribution in [-0.2, 0) is 17.8 Å². The van der Waals surface area contributed by atoms with Crippen LogP contribution in [0.15, 0.2) is 0 Å². The number of rotatable bonds is 0. The molecule has 3 N–H and O–H groups in total. The standard InChI is InChI=1S/H4O3P.Rh/c1-4(2)3;/h1-4H;/q+1;-1. The molecule has 3 nitrogen and oxygen atoms in total. The van der Waals surface area contributed by atoms with Crippen LogP contribution in [-0.4, -0.2) is 14.7 Å². The fourth-order valence-electron chi connectivity index (χ4n) is 0. The van der Waals surface area contributed by atoms with Crippen LogP contribution in [0.3, 0.4) is 0 Å². The molecule has 0 saturated carbocycles. The Morgan fingerprint density at radius 3 is 1.20 bits per heavy atom. The van der Waals surface area contributed by atoms with Crippen molar-refractivity contribution < 1.29 is 32.5 Å². The molecule has 0 amide bonds. The molecule has 0 fully saturated rings. The summed E-state index contributed by atoms with van der Waals surface area (Å²) in [7, 11) is 0. The Morgan fingerprint density at radius 1 is 1.20 bits per heavy atom. The molecule has 0 aliphatic carbocycles. The molecule has 5 heteroatoms. The van der Waals surface area contributed by atoms with Crippen LogP contribution >= 0.6 is 6.28 Å². The van der Waals surface area contributed by atoms with Gasteiger partial charge in [0, 0.05) is 0 Å². The van der Waals surface area contributed by atoms with Gasteiger partial charge < -0.3 is 0 Å². The van der Waals surface area contributed by atoms with E-state index in [4.69, 9.17) is 14.7 Å². The molecule has 0 atom stereocenters. The summed E-state index contributed by atoms with van der Waals surface area (Å²) in [6.07, 6.45) is -3.72. The summed E-state index contributed by atoms with van der Waals surface area (Å²) >= 11 is 1.69. The fraction of sp³-hybridized carbons (Fsp3) is 0. The Bertz CT molecular complexity index is 22.4. The van der Waals surface area contributed by atoms with Crippen molar-refractivity contribution in [1.29, 1.82) is 0 Å². The molecule has 0 unspecified atom stereocenters. The second kappa shape index (κ2) is 1.59. The molecule has 0 aliphatic rings. The van der Waals surface area contributed by atoms with Gasteiger partial charge in [-0.3, -0.25) is 0 Å². The normalized spacial score (nSPS) is 15.4. The quantitative estimate of drug-likeness (QED) is 0.333. The SMILES string of the molecule is O[PH](O)(O)[Rh]. The van der Waals surface area contributed by atoms with E-state index in [1.807, 2.05) is 0 Å². The summed E-state index contributed by atoms with van der Waals surface area (Å²) in [4.78, 5) is 23.2. The summed E-state index contributed by atoms with van der Waals surface area (Å²) in [5, 5.41) is 0. The molecule has 0 spiro atoms. The zero-order chi connectivity index (χ0) is 4.50. The van der Waals surface area contributed by atoms with E-state index in [1.165, 1.54) is 0 Å². The molecule has 0 aromatic rings. The minimum atomic E-state index is -3.72. The van der Waals surface area contributed by atoms with E-state index in [0.29, 0.717) is 0 Å². The topological polar surface area (TPSA) is 60.7 Å². The Labute approximate surface area is 39.4 Å². The Hall–Kier alpha value is 0.933. The molecule has 0 bridgehead atoms. The maximum atomic E-state index is 7.72. The van der Waals surface area contributed by atoms with Gasteiger partial charge in [0.2, 0.25) is 0 Å². The van der Waals surface area contributed by atoms with Crippen LogP contribution in [0.25, 0.3) is 0 Å². The first-order valence-electron chi connectivity index (χ1n) is 0.837. The zero-order valence-corrected chi connectivity index (χ0v) is 4.81. The Balaban J connectivity index is 3.02. The third-order valence-corrected chi connectivity index (χ3v) is 0. The van der Waals surface area contributed by atoms with Gasteiger partial charge >= 0.3 is 38.8 Å². The van der Waals surface area contributed by atoms with Gasteiger partial charge in [-0.15, -0.1) is 0 Å². The van der Waals surface area contributed by atoms with Crippen LogP contribution < -0.4 is 0 Å². The van der Waals surface area contributed by atoms with Crippen molar-refractivity contribution >= 4 is 6.28 Å². The van der Waals surface area contributed by atoms with Gasteiger partial charge in [0.1, 0.15) is 0 Å².